The van der Waals surface area contributed by atoms with Gasteiger partial charge in [-0.3, -0.25) is 4.98 Å². The van der Waals surface area contributed by atoms with E-state index in [0.717, 1.165) is 16.7 Å². The number of aromatic nitrogens is 1. The van der Waals surface area contributed by atoms with Crippen molar-refractivity contribution >= 4 is 11.6 Å². The van der Waals surface area contributed by atoms with Crippen LogP contribution in [0, 0.1) is 12.7 Å². The first kappa shape index (κ1) is 13.0. The number of benzene rings is 1. The van der Waals surface area contributed by atoms with Gasteiger partial charge in [0.1, 0.15) is 5.82 Å². The van der Waals surface area contributed by atoms with Gasteiger partial charge in [0, 0.05) is 11.2 Å². The van der Waals surface area contributed by atoms with E-state index < -0.39 is 0 Å². The van der Waals surface area contributed by atoms with Gasteiger partial charge < -0.3 is 5.32 Å². The summed E-state index contributed by atoms with van der Waals surface area (Å²) in [6.07, 6.45) is 2.85. The fourth-order valence-corrected chi connectivity index (χ4v) is 2.21. The number of pyridine rings is 1. The molecule has 0 amide bonds. The zero-order chi connectivity index (χ0) is 13.1. The summed E-state index contributed by atoms with van der Waals surface area (Å²) in [6.45, 7) is 1.95. The molecule has 0 aliphatic heterocycles. The minimum absolute atomic E-state index is 0.119. The van der Waals surface area contributed by atoms with Gasteiger partial charge >= 0.3 is 0 Å². The van der Waals surface area contributed by atoms with E-state index >= 15 is 0 Å². The maximum absolute atomic E-state index is 13.2. The highest BCUT2D eigenvalue weighted by Crippen LogP contribution is 2.28. The summed E-state index contributed by atoms with van der Waals surface area (Å²) in [5.41, 5.74) is 2.79. The summed E-state index contributed by atoms with van der Waals surface area (Å²) in [5, 5.41) is 3.87. The van der Waals surface area contributed by atoms with Gasteiger partial charge in [0.15, 0.2) is 0 Å². The van der Waals surface area contributed by atoms with E-state index in [0.29, 0.717) is 5.02 Å². The summed E-state index contributed by atoms with van der Waals surface area (Å²) < 4.78 is 13.2. The fourth-order valence-electron chi connectivity index (χ4n) is 2.02. The second-order valence-corrected chi connectivity index (χ2v) is 4.52. The van der Waals surface area contributed by atoms with Crippen LogP contribution in [0.5, 0.6) is 0 Å². The van der Waals surface area contributed by atoms with Gasteiger partial charge in [-0.05, 0) is 42.8 Å². The van der Waals surface area contributed by atoms with Gasteiger partial charge in [0.05, 0.1) is 12.2 Å². The van der Waals surface area contributed by atoms with Crippen LogP contribution in [0.1, 0.15) is 22.7 Å². The summed E-state index contributed by atoms with van der Waals surface area (Å²) in [5.74, 6) is -0.340. The molecule has 1 atom stereocenters. The van der Waals surface area contributed by atoms with Crippen LogP contribution >= 0.6 is 11.6 Å². The highest BCUT2D eigenvalue weighted by Gasteiger charge is 2.16. The maximum Gasteiger partial charge on any atom is 0.141 e. The van der Waals surface area contributed by atoms with E-state index in [4.69, 9.17) is 11.6 Å². The van der Waals surface area contributed by atoms with Crippen molar-refractivity contribution in [2.45, 2.75) is 13.0 Å². The second kappa shape index (κ2) is 5.46. The minimum atomic E-state index is -0.340. The molecule has 1 N–H and O–H groups in total. The molecule has 0 saturated carbocycles. The van der Waals surface area contributed by atoms with E-state index in [1.54, 1.807) is 6.20 Å². The SMILES string of the molecule is CNC(c1cncc(F)c1)c1cccc(Cl)c1C. The highest BCUT2D eigenvalue weighted by atomic mass is 35.5. The number of nitrogens with zero attached hydrogens (tertiary/aromatic N) is 1. The molecule has 18 heavy (non-hydrogen) atoms. The molecule has 2 rings (SSSR count). The predicted octanol–water partition coefficient (Wildman–Crippen LogP) is 3.49. The zero-order valence-electron chi connectivity index (χ0n) is 10.2. The molecule has 94 valence electrons. The van der Waals surface area contributed by atoms with Crippen molar-refractivity contribution < 1.29 is 4.39 Å². The Balaban J connectivity index is 2.49. The smallest absolute Gasteiger partial charge is 0.141 e. The average Bonchev–Trinajstić information content (AvgIpc) is 2.35. The quantitative estimate of drug-likeness (QED) is 0.918. The van der Waals surface area contributed by atoms with Crippen molar-refractivity contribution in [3.8, 4) is 0 Å². The summed E-state index contributed by atoms with van der Waals surface area (Å²) in [6, 6.07) is 7.08. The lowest BCUT2D eigenvalue weighted by Gasteiger charge is -2.19. The van der Waals surface area contributed by atoms with E-state index in [9.17, 15) is 4.39 Å². The van der Waals surface area contributed by atoms with E-state index in [1.165, 1.54) is 12.3 Å². The first-order valence-electron chi connectivity index (χ1n) is 5.66. The van der Waals surface area contributed by atoms with Crippen LogP contribution < -0.4 is 5.32 Å². The zero-order valence-corrected chi connectivity index (χ0v) is 11.0. The Morgan fingerprint density at radius 1 is 1.33 bits per heavy atom. The number of hydrogen-bond acceptors (Lipinski definition) is 2. The Bertz CT molecular complexity index is 557. The molecule has 0 radical (unpaired) electrons. The van der Waals surface area contributed by atoms with Gasteiger partial charge in [-0.2, -0.15) is 0 Å². The lowest BCUT2D eigenvalue weighted by molar-refractivity contribution is 0.608. The Kier molecular flexibility index (Phi) is 3.94. The molecule has 2 nitrogen and oxygen atoms in total. The molecule has 0 saturated heterocycles. The van der Waals surface area contributed by atoms with Crippen molar-refractivity contribution in [2.75, 3.05) is 7.05 Å². The average molecular weight is 265 g/mol. The van der Waals surface area contributed by atoms with Gasteiger partial charge in [-0.25, -0.2) is 4.39 Å². The largest absolute Gasteiger partial charge is 0.309 e. The number of rotatable bonds is 3. The van der Waals surface area contributed by atoms with Crippen LogP contribution in [-0.2, 0) is 0 Å². The normalized spacial score (nSPS) is 12.4. The summed E-state index contributed by atoms with van der Waals surface area (Å²) in [4.78, 5) is 3.88. The monoisotopic (exact) mass is 264 g/mol. The van der Waals surface area contributed by atoms with Gasteiger partial charge in [0.25, 0.3) is 0 Å². The van der Waals surface area contributed by atoms with Crippen molar-refractivity contribution in [3.05, 3.63) is 64.2 Å². The Morgan fingerprint density at radius 3 is 2.78 bits per heavy atom. The van der Waals surface area contributed by atoms with E-state index in [-0.39, 0.29) is 11.9 Å². The third kappa shape index (κ3) is 2.52. The number of nitrogens with one attached hydrogen (secondary N) is 1. The van der Waals surface area contributed by atoms with E-state index in [1.807, 2.05) is 32.2 Å². The maximum atomic E-state index is 13.2. The van der Waals surface area contributed by atoms with Crippen molar-refractivity contribution in [1.82, 2.24) is 10.3 Å². The first-order valence-corrected chi connectivity index (χ1v) is 6.04. The van der Waals surface area contributed by atoms with Crippen LogP contribution in [0.4, 0.5) is 4.39 Å². The molecule has 1 aromatic carbocycles. The molecule has 0 aliphatic carbocycles. The Morgan fingerprint density at radius 2 is 2.11 bits per heavy atom. The van der Waals surface area contributed by atoms with E-state index in [2.05, 4.69) is 10.3 Å². The molecule has 4 heteroatoms. The lowest BCUT2D eigenvalue weighted by atomic mass is 9.96. The lowest BCUT2D eigenvalue weighted by Crippen LogP contribution is -2.19. The molecular weight excluding hydrogens is 251 g/mol. The van der Waals surface area contributed by atoms with Crippen LogP contribution in [0.15, 0.2) is 36.7 Å². The molecule has 1 aromatic heterocycles. The van der Waals surface area contributed by atoms with Gasteiger partial charge in [-0.15, -0.1) is 0 Å². The van der Waals surface area contributed by atoms with Crippen molar-refractivity contribution in [2.24, 2.45) is 0 Å². The second-order valence-electron chi connectivity index (χ2n) is 4.11. The third-order valence-electron chi connectivity index (χ3n) is 2.97. The Hall–Kier alpha value is -1.45. The summed E-state index contributed by atoms with van der Waals surface area (Å²) in [7, 11) is 1.83. The van der Waals surface area contributed by atoms with Gasteiger partial charge in [0.2, 0.25) is 0 Å². The first-order chi connectivity index (χ1) is 8.63. The van der Waals surface area contributed by atoms with Crippen LogP contribution in [0.25, 0.3) is 0 Å². The molecule has 0 spiro atoms. The molecule has 0 bridgehead atoms. The highest BCUT2D eigenvalue weighted by molar-refractivity contribution is 6.31. The molecule has 1 heterocycles. The molecule has 0 fully saturated rings. The minimum Gasteiger partial charge on any atom is -0.309 e. The van der Waals surface area contributed by atoms with Crippen LogP contribution in [0.3, 0.4) is 0 Å². The number of halogens is 2. The van der Waals surface area contributed by atoms with Gasteiger partial charge in [-0.1, -0.05) is 23.7 Å². The standard InChI is InChI=1S/C14H14ClFN2/c1-9-12(4-3-5-13(9)15)14(17-2)10-6-11(16)8-18-7-10/h3-8,14,17H,1-2H3. The molecular formula is C14H14ClFN2. The third-order valence-corrected chi connectivity index (χ3v) is 3.38. The van der Waals surface area contributed by atoms with Crippen molar-refractivity contribution in [1.29, 1.82) is 0 Å². The molecule has 1 unspecified atom stereocenters. The fraction of sp³-hybridized carbons (Fsp3) is 0.214. The molecule has 2 aromatic rings. The number of hydrogen-bond donors (Lipinski definition) is 1. The summed E-state index contributed by atoms with van der Waals surface area (Å²) >= 11 is 6.12. The predicted molar refractivity (Wildman–Crippen MR) is 71.3 cm³/mol. The van der Waals surface area contributed by atoms with Crippen molar-refractivity contribution in [3.63, 3.8) is 0 Å². The Labute approximate surface area is 111 Å². The topological polar surface area (TPSA) is 24.9 Å². The van der Waals surface area contributed by atoms with Crippen LogP contribution in [0.2, 0.25) is 5.02 Å². The van der Waals surface area contributed by atoms with Crippen LogP contribution in [-0.4, -0.2) is 12.0 Å². The molecule has 0 aliphatic rings.